The highest BCUT2D eigenvalue weighted by atomic mass is 16.6. The first-order valence-corrected chi connectivity index (χ1v) is 34.0. The number of para-hydroxylation sites is 1. The molecule has 0 saturated carbocycles. The van der Waals surface area contributed by atoms with E-state index in [1.54, 1.807) is 56.6 Å². The van der Waals surface area contributed by atoms with Crippen LogP contribution in [-0.2, 0) is 121 Å². The van der Waals surface area contributed by atoms with Gasteiger partial charge in [-0.25, -0.2) is 38.5 Å². The van der Waals surface area contributed by atoms with E-state index in [4.69, 9.17) is 58.0 Å². The smallest absolute Gasteiger partial charge is 0.417 e. The molecule has 8 rings (SSSR count). The molecule has 1 atom stereocenters. The number of esters is 8. The van der Waals surface area contributed by atoms with Crippen molar-refractivity contribution in [3.8, 4) is 11.5 Å². The zero-order chi connectivity index (χ0) is 83.7. The van der Waals surface area contributed by atoms with Gasteiger partial charge < -0.3 is 96.4 Å². The molecule has 0 aliphatic rings. The van der Waals surface area contributed by atoms with Gasteiger partial charge in [0, 0.05) is 41.8 Å². The topological polar surface area (TPSA) is 539 Å². The summed E-state index contributed by atoms with van der Waals surface area (Å²) in [7, 11) is 7.67. The third-order valence-corrected chi connectivity index (χ3v) is 15.0. The van der Waals surface area contributed by atoms with Crippen molar-refractivity contribution in [3.05, 3.63) is 260 Å². The number of rotatable bonds is 29. The normalized spacial score (nSPS) is 9.64. The molecule has 0 bridgehead atoms. The van der Waals surface area contributed by atoms with Crippen LogP contribution in [0.3, 0.4) is 0 Å². The number of carbonyl (C=O) groups excluding carboxylic acids is 8. The van der Waals surface area contributed by atoms with Crippen LogP contribution in [0, 0.1) is 5.92 Å². The lowest BCUT2D eigenvalue weighted by molar-refractivity contribution is -0.145. The van der Waals surface area contributed by atoms with Crippen LogP contribution in [-0.4, -0.2) is 204 Å². The van der Waals surface area contributed by atoms with Gasteiger partial charge in [0.15, 0.2) is 6.42 Å². The van der Waals surface area contributed by atoms with Gasteiger partial charge in [0.1, 0.15) is 11.5 Å². The number of aromatic hydroxyl groups is 1. The first-order chi connectivity index (χ1) is 54.5. The molecule has 0 saturated heterocycles. The summed E-state index contributed by atoms with van der Waals surface area (Å²) >= 11 is 0. The minimum atomic E-state index is -0.824. The Morgan fingerprint density at radius 2 is 0.823 bits per heavy atom. The Labute approximate surface area is 649 Å². The van der Waals surface area contributed by atoms with Crippen LogP contribution in [0.4, 0.5) is 0 Å². The van der Waals surface area contributed by atoms with E-state index in [0.717, 1.165) is 56.5 Å². The highest BCUT2D eigenvalue weighted by molar-refractivity contribution is 6.38. The molecule has 2 aromatic heterocycles. The molecule has 2 heterocycles. The second kappa shape index (κ2) is 55.5. The molecule has 113 heavy (non-hydrogen) atoms. The summed E-state index contributed by atoms with van der Waals surface area (Å²) in [6.07, 6.45) is 7.45. The predicted octanol–water partition coefficient (Wildman–Crippen LogP) is 8.17. The van der Waals surface area contributed by atoms with E-state index >= 15 is 0 Å². The SMILES string of the molecule is CCC(C)C(=[N+]=[N-])C(=O)OCCc1ccccc1.CCOC(=O)C(CC(=O)OC)=[N+]=[N-].COC(=O)C(Cc1c[nH]c2ccccc12)=[N+]=[N-].COC(=O)C(Cc1ccc(O)cc1)=[N+]=[N-].COC(=O)C(Cc1ccc(OC)cc1)=[N+]=[N-].COC(=O)C(Cc1cnc[nH]1)=[N+]=[N-].[N-]=[N+]=C(Cc1ccccc1)C(=O)OCCc1ccccc1. The third kappa shape index (κ3) is 36.5. The van der Waals surface area contributed by atoms with Crippen LogP contribution in [0.5, 0.6) is 11.5 Å². The minimum absolute atomic E-state index is 0.00858. The largest absolute Gasteiger partial charge is 0.508 e. The van der Waals surface area contributed by atoms with Gasteiger partial charge >= 0.3 is 87.7 Å². The van der Waals surface area contributed by atoms with Gasteiger partial charge in [0.25, 0.3) is 0 Å². The Morgan fingerprint density at radius 3 is 1.23 bits per heavy atom. The maximum absolute atomic E-state index is 11.9. The molecule has 0 aliphatic carbocycles. The summed E-state index contributed by atoms with van der Waals surface area (Å²) in [5.74, 6) is -4.45. The summed E-state index contributed by atoms with van der Waals surface area (Å²) < 4.78 is 41.8. The molecule has 6 aromatic carbocycles. The highest BCUT2D eigenvalue weighted by Crippen LogP contribution is 2.19. The second-order valence-electron chi connectivity index (χ2n) is 22.6. The van der Waals surface area contributed by atoms with Crippen LogP contribution in [0.2, 0.25) is 0 Å². The number of H-pyrrole nitrogens is 2. The number of nitrogens with zero attached hydrogens (tertiary/aromatic N) is 15. The Hall–Kier alpha value is -14.9. The first-order valence-electron chi connectivity index (χ1n) is 34.0. The molecule has 0 aliphatic heterocycles. The Kier molecular flexibility index (Phi) is 46.3. The lowest BCUT2D eigenvalue weighted by Gasteiger charge is -2.05. The van der Waals surface area contributed by atoms with Crippen LogP contribution in [0.1, 0.15) is 72.7 Å². The maximum Gasteiger partial charge on any atom is 0.417 e. The number of aromatic nitrogens is 3. The lowest BCUT2D eigenvalue weighted by atomic mass is 10.0. The highest BCUT2D eigenvalue weighted by Gasteiger charge is 2.29. The van der Waals surface area contributed by atoms with Crippen LogP contribution < -0.4 is 4.74 Å². The van der Waals surface area contributed by atoms with Gasteiger partial charge in [-0.05, 0) is 77.1 Å². The number of phenolic OH excluding ortho intramolecular Hbond substituents is 1. The molecule has 0 amide bonds. The zero-order valence-corrected chi connectivity index (χ0v) is 63.5. The number of ether oxygens (including phenoxy) is 9. The quantitative estimate of drug-likeness (QED) is 0.0131. The molecule has 0 spiro atoms. The minimum Gasteiger partial charge on any atom is -0.508 e. The fourth-order valence-corrected chi connectivity index (χ4v) is 8.84. The van der Waals surface area contributed by atoms with E-state index in [1.165, 1.54) is 60.2 Å². The number of methoxy groups -OCH3 is 6. The van der Waals surface area contributed by atoms with Crippen molar-refractivity contribution in [2.24, 2.45) is 5.92 Å². The number of hydrogen-bond acceptors (Lipinski definition) is 19. The van der Waals surface area contributed by atoms with Crippen LogP contribution in [0.25, 0.3) is 49.6 Å². The van der Waals surface area contributed by atoms with Gasteiger partial charge in [-0.2, -0.15) is 33.5 Å². The summed E-state index contributed by atoms with van der Waals surface area (Å²) in [5.41, 5.74) is 67.3. The van der Waals surface area contributed by atoms with E-state index in [9.17, 15) is 38.4 Å². The molecule has 35 heteroatoms. The molecule has 35 nitrogen and oxygen atoms in total. The van der Waals surface area contributed by atoms with E-state index in [1.807, 2.05) is 129 Å². The fraction of sp³-hybridized carbons (Fsp3) is 0.282. The van der Waals surface area contributed by atoms with Gasteiger partial charge in [0.05, 0.1) is 107 Å². The molecule has 8 aromatic rings. The number of carbonyl (C=O) groups is 8. The van der Waals surface area contributed by atoms with Crippen molar-refractivity contribution in [2.75, 3.05) is 62.5 Å². The number of nitrogens with one attached hydrogen (secondary N) is 2. The zero-order valence-electron chi connectivity index (χ0n) is 63.5. The standard InChI is InChI=1S/C17H16N2O2.C14H18N2O2.C12H11N3O2.C11H12N2O3.C10H10N2O3.C7H8N4O2.C7H10N2O4/c18-19-16(13-15-9-5-2-6-10-15)17(20)21-12-11-14-7-3-1-4-8-14;1-3-11(2)13(16-15)14(17)18-10-9-12-7-5-4-6-8-12;1-17-12(16)11(15-13)6-8-7-14-10-5-3-2-4-9(8)10;1-15-9-5-3-8(4-6-9)7-10(13-12)11(14)16-2;1-15-10(14)9(12-11)6-7-2-4-8(13)5-3-7;1-13-7(12)6(11-8)2-5-3-9-4-10-5;1-3-13-7(11)5(9-8)4-6(10)12-2/h1-10H,11-13H2;4-8,11H,3,9-10H2,1-2H3;2-5,7,14H,6H2,1H3;3-6H,7H2,1-2H3;2-5,13H,6H2,1H3;3-4H,2H2,1H3,(H,9,10);3-4H2,1-2H3. The van der Waals surface area contributed by atoms with Crippen molar-refractivity contribution in [2.45, 2.75) is 78.6 Å². The van der Waals surface area contributed by atoms with E-state index in [2.05, 4.69) is 76.9 Å². The first kappa shape index (κ1) is 94.2. The second-order valence-corrected chi connectivity index (χ2v) is 22.6. The molecular formula is C78H85N17O18. The Bertz CT molecular complexity index is 4770. The molecule has 590 valence electrons. The predicted molar refractivity (Wildman–Crippen MR) is 406 cm³/mol. The number of aromatic amines is 2. The maximum atomic E-state index is 11.9. The summed E-state index contributed by atoms with van der Waals surface area (Å²) in [6, 6.07) is 49.9. The van der Waals surface area contributed by atoms with Gasteiger partial charge in [-0.1, -0.05) is 147 Å². The average molecular weight is 1550 g/mol. The number of phenols is 1. The summed E-state index contributed by atoms with van der Waals surface area (Å²) in [6.45, 7) is 6.06. The van der Waals surface area contributed by atoms with Gasteiger partial charge in [0.2, 0.25) is 0 Å². The molecule has 0 radical (unpaired) electrons. The average Bonchev–Trinajstić information content (AvgIpc) is 1.68. The van der Waals surface area contributed by atoms with Crippen LogP contribution in [0.15, 0.2) is 183 Å². The number of hydrogen-bond donors (Lipinski definition) is 3. The molecular weight excluding hydrogens is 1460 g/mol. The van der Waals surface area contributed by atoms with Gasteiger partial charge in [-0.3, -0.25) is 4.79 Å². The number of imidazole rings is 1. The Balaban J connectivity index is 0.000000450. The van der Waals surface area contributed by atoms with Crippen LogP contribution >= 0.6 is 0 Å². The van der Waals surface area contributed by atoms with E-state index in [0.29, 0.717) is 18.5 Å². The number of benzene rings is 6. The molecule has 1 unspecified atom stereocenters. The summed E-state index contributed by atoms with van der Waals surface area (Å²) in [4.78, 5) is 119. The lowest BCUT2D eigenvalue weighted by Crippen LogP contribution is -2.25. The summed E-state index contributed by atoms with van der Waals surface area (Å²) in [5, 5.41) is 10.0. The van der Waals surface area contributed by atoms with Crippen molar-refractivity contribution in [3.63, 3.8) is 0 Å². The van der Waals surface area contributed by atoms with E-state index in [-0.39, 0.29) is 104 Å². The fourth-order valence-electron chi connectivity index (χ4n) is 8.84. The Morgan fingerprint density at radius 1 is 0.425 bits per heavy atom. The monoisotopic (exact) mass is 1550 g/mol. The molecule has 0 fully saturated rings. The van der Waals surface area contributed by atoms with Gasteiger partial charge in [-0.15, -0.1) is 0 Å². The van der Waals surface area contributed by atoms with Crippen molar-refractivity contribution < 1.29 is 120 Å². The number of fused-ring (bicyclic) bond motifs is 1. The van der Waals surface area contributed by atoms with Crippen molar-refractivity contribution in [1.29, 1.82) is 0 Å². The third-order valence-electron chi connectivity index (χ3n) is 15.0. The van der Waals surface area contributed by atoms with Crippen molar-refractivity contribution >= 4 is 98.6 Å². The van der Waals surface area contributed by atoms with Crippen molar-refractivity contribution in [1.82, 2.24) is 15.0 Å². The molecule has 3 N–H and O–H groups in total. The van der Waals surface area contributed by atoms with E-state index < -0.39 is 54.2 Å².